The number of alkyl halides is 1. The second-order valence-electron chi connectivity index (χ2n) is 6.48. The quantitative estimate of drug-likeness (QED) is 0.594. The van der Waals surface area contributed by atoms with E-state index in [1.165, 1.54) is 51.4 Å². The minimum atomic E-state index is 0.482. The summed E-state index contributed by atoms with van der Waals surface area (Å²) in [5, 5.41) is 0.482. The lowest BCUT2D eigenvalue weighted by atomic mass is 9.73. The summed E-state index contributed by atoms with van der Waals surface area (Å²) in [5.74, 6) is 3.64. The first-order valence-electron chi connectivity index (χ1n) is 7.31. The van der Waals surface area contributed by atoms with Gasteiger partial charge in [-0.2, -0.15) is 0 Å². The van der Waals surface area contributed by atoms with E-state index in [0.29, 0.717) is 5.38 Å². The molecule has 0 spiro atoms. The van der Waals surface area contributed by atoms with Crippen LogP contribution in [0, 0.1) is 23.7 Å². The van der Waals surface area contributed by atoms with Crippen molar-refractivity contribution < 1.29 is 0 Å². The van der Waals surface area contributed by atoms with E-state index in [-0.39, 0.29) is 0 Å². The first-order valence-corrected chi connectivity index (χ1v) is 7.74. The third-order valence-electron chi connectivity index (χ3n) is 4.98. The Balaban J connectivity index is 1.85. The standard InChI is InChI=1S/C15H27Cl/c1-11(2)13-7-8-15(16)14(10-13)9-12-5-3-4-6-12/h11-15H,3-10H2,1-2H3. The van der Waals surface area contributed by atoms with Gasteiger partial charge >= 0.3 is 0 Å². The number of rotatable bonds is 3. The molecule has 2 rings (SSSR count). The van der Waals surface area contributed by atoms with Gasteiger partial charge in [0.1, 0.15) is 0 Å². The zero-order valence-electron chi connectivity index (χ0n) is 10.9. The van der Waals surface area contributed by atoms with Crippen molar-refractivity contribution in [2.24, 2.45) is 23.7 Å². The molecule has 3 unspecified atom stereocenters. The van der Waals surface area contributed by atoms with E-state index in [2.05, 4.69) is 13.8 Å². The molecule has 2 fully saturated rings. The van der Waals surface area contributed by atoms with Crippen molar-refractivity contribution in [3.63, 3.8) is 0 Å². The van der Waals surface area contributed by atoms with Gasteiger partial charge in [-0.05, 0) is 49.4 Å². The van der Waals surface area contributed by atoms with Crippen LogP contribution in [0.5, 0.6) is 0 Å². The summed E-state index contributed by atoms with van der Waals surface area (Å²) in [4.78, 5) is 0. The van der Waals surface area contributed by atoms with E-state index >= 15 is 0 Å². The van der Waals surface area contributed by atoms with Gasteiger partial charge < -0.3 is 0 Å². The molecule has 0 N–H and O–H groups in total. The summed E-state index contributed by atoms with van der Waals surface area (Å²) in [6, 6.07) is 0. The van der Waals surface area contributed by atoms with E-state index < -0.39 is 0 Å². The molecule has 94 valence electrons. The van der Waals surface area contributed by atoms with Crippen LogP contribution in [-0.2, 0) is 0 Å². The van der Waals surface area contributed by atoms with Crippen LogP contribution in [0.25, 0.3) is 0 Å². The monoisotopic (exact) mass is 242 g/mol. The normalized spacial score (nSPS) is 37.1. The van der Waals surface area contributed by atoms with Gasteiger partial charge in [-0.15, -0.1) is 11.6 Å². The van der Waals surface area contributed by atoms with Gasteiger partial charge in [0, 0.05) is 5.38 Å². The molecular weight excluding hydrogens is 216 g/mol. The molecular formula is C15H27Cl. The highest BCUT2D eigenvalue weighted by atomic mass is 35.5. The zero-order valence-corrected chi connectivity index (χ0v) is 11.7. The molecule has 0 amide bonds. The fraction of sp³-hybridized carbons (Fsp3) is 1.00. The highest BCUT2D eigenvalue weighted by Crippen LogP contribution is 2.42. The Labute approximate surface area is 106 Å². The van der Waals surface area contributed by atoms with E-state index in [1.54, 1.807) is 0 Å². The maximum absolute atomic E-state index is 6.53. The highest BCUT2D eigenvalue weighted by Gasteiger charge is 2.32. The number of hydrogen-bond donors (Lipinski definition) is 0. The second kappa shape index (κ2) is 5.76. The summed E-state index contributed by atoms with van der Waals surface area (Å²) in [7, 11) is 0. The third-order valence-corrected chi connectivity index (χ3v) is 5.56. The lowest BCUT2D eigenvalue weighted by molar-refractivity contribution is 0.193. The van der Waals surface area contributed by atoms with Crippen LogP contribution >= 0.6 is 11.6 Å². The van der Waals surface area contributed by atoms with E-state index in [0.717, 1.165) is 23.7 Å². The van der Waals surface area contributed by atoms with Crippen molar-refractivity contribution in [1.29, 1.82) is 0 Å². The van der Waals surface area contributed by atoms with Crippen molar-refractivity contribution in [3.05, 3.63) is 0 Å². The first-order chi connectivity index (χ1) is 7.66. The molecule has 2 saturated carbocycles. The molecule has 0 aromatic heterocycles. The van der Waals surface area contributed by atoms with Crippen molar-refractivity contribution in [3.8, 4) is 0 Å². The molecule has 3 atom stereocenters. The van der Waals surface area contributed by atoms with Gasteiger partial charge in [-0.25, -0.2) is 0 Å². The van der Waals surface area contributed by atoms with Gasteiger partial charge in [-0.1, -0.05) is 39.5 Å². The maximum Gasteiger partial charge on any atom is 0.0364 e. The molecule has 0 heterocycles. The van der Waals surface area contributed by atoms with Crippen LogP contribution in [0.15, 0.2) is 0 Å². The topological polar surface area (TPSA) is 0 Å². The van der Waals surface area contributed by atoms with Gasteiger partial charge in [0.25, 0.3) is 0 Å². The Hall–Kier alpha value is 0.290. The molecule has 0 radical (unpaired) electrons. The van der Waals surface area contributed by atoms with Gasteiger partial charge in [0.2, 0.25) is 0 Å². The number of hydrogen-bond acceptors (Lipinski definition) is 0. The molecule has 16 heavy (non-hydrogen) atoms. The first kappa shape index (κ1) is 12.7. The van der Waals surface area contributed by atoms with Gasteiger partial charge in [0.15, 0.2) is 0 Å². The lowest BCUT2D eigenvalue weighted by Crippen LogP contribution is -2.29. The Morgan fingerprint density at radius 2 is 1.75 bits per heavy atom. The van der Waals surface area contributed by atoms with E-state index in [1.807, 2.05) is 0 Å². The fourth-order valence-corrected chi connectivity index (χ4v) is 4.12. The van der Waals surface area contributed by atoms with Crippen LogP contribution in [0.2, 0.25) is 0 Å². The highest BCUT2D eigenvalue weighted by molar-refractivity contribution is 6.20. The molecule has 0 aromatic carbocycles. The predicted molar refractivity (Wildman–Crippen MR) is 71.9 cm³/mol. The smallest absolute Gasteiger partial charge is 0.0364 e. The van der Waals surface area contributed by atoms with Crippen molar-refractivity contribution in [2.45, 2.75) is 70.6 Å². The van der Waals surface area contributed by atoms with E-state index in [4.69, 9.17) is 11.6 Å². The minimum Gasteiger partial charge on any atom is -0.123 e. The number of halogens is 1. The van der Waals surface area contributed by atoms with Crippen LogP contribution in [0.3, 0.4) is 0 Å². The minimum absolute atomic E-state index is 0.482. The fourth-order valence-electron chi connectivity index (χ4n) is 3.79. The summed E-state index contributed by atoms with van der Waals surface area (Å²) < 4.78 is 0. The Kier molecular flexibility index (Phi) is 4.58. The van der Waals surface area contributed by atoms with Crippen LogP contribution in [0.4, 0.5) is 0 Å². The molecule has 2 aliphatic carbocycles. The average Bonchev–Trinajstić information content (AvgIpc) is 2.73. The molecule has 0 aliphatic heterocycles. The Morgan fingerprint density at radius 1 is 1.06 bits per heavy atom. The SMILES string of the molecule is CC(C)C1CCC(Cl)C(CC2CCCC2)C1. The second-order valence-corrected chi connectivity index (χ2v) is 7.04. The average molecular weight is 243 g/mol. The summed E-state index contributed by atoms with van der Waals surface area (Å²) in [6.07, 6.45) is 11.4. The summed E-state index contributed by atoms with van der Waals surface area (Å²) >= 11 is 6.53. The van der Waals surface area contributed by atoms with Crippen LogP contribution in [-0.4, -0.2) is 5.38 Å². The Morgan fingerprint density at radius 3 is 2.38 bits per heavy atom. The van der Waals surface area contributed by atoms with Crippen molar-refractivity contribution >= 4 is 11.6 Å². The maximum atomic E-state index is 6.53. The van der Waals surface area contributed by atoms with Crippen LogP contribution < -0.4 is 0 Å². The predicted octanol–water partition coefficient (Wildman–Crippen LogP) is 5.25. The zero-order chi connectivity index (χ0) is 11.5. The molecule has 0 nitrogen and oxygen atoms in total. The van der Waals surface area contributed by atoms with E-state index in [9.17, 15) is 0 Å². The van der Waals surface area contributed by atoms with Crippen molar-refractivity contribution in [2.75, 3.05) is 0 Å². The van der Waals surface area contributed by atoms with Crippen LogP contribution in [0.1, 0.15) is 65.2 Å². The van der Waals surface area contributed by atoms with Gasteiger partial charge in [-0.3, -0.25) is 0 Å². The van der Waals surface area contributed by atoms with Crippen molar-refractivity contribution in [1.82, 2.24) is 0 Å². The lowest BCUT2D eigenvalue weighted by Gasteiger charge is -2.36. The van der Waals surface area contributed by atoms with Gasteiger partial charge in [0.05, 0.1) is 0 Å². The molecule has 1 heteroatoms. The molecule has 2 aliphatic rings. The third kappa shape index (κ3) is 3.15. The largest absolute Gasteiger partial charge is 0.123 e. The molecule has 0 saturated heterocycles. The summed E-state index contributed by atoms with van der Waals surface area (Å²) in [5.41, 5.74) is 0. The Bertz CT molecular complexity index is 203. The summed E-state index contributed by atoms with van der Waals surface area (Å²) in [6.45, 7) is 4.76. The molecule has 0 bridgehead atoms. The molecule has 0 aromatic rings.